The van der Waals surface area contributed by atoms with E-state index in [4.69, 9.17) is 16.3 Å². The zero-order chi connectivity index (χ0) is 17.1. The number of rotatable bonds is 4. The van der Waals surface area contributed by atoms with E-state index in [0.717, 1.165) is 10.6 Å². The summed E-state index contributed by atoms with van der Waals surface area (Å²) in [7, 11) is 0. The number of hydrogen-bond donors (Lipinski definition) is 1. The van der Waals surface area contributed by atoms with Crippen molar-refractivity contribution in [3.63, 3.8) is 0 Å². The van der Waals surface area contributed by atoms with Gasteiger partial charge < -0.3 is 9.84 Å². The molecule has 0 bridgehead atoms. The van der Waals surface area contributed by atoms with Gasteiger partial charge in [0.2, 0.25) is 0 Å². The summed E-state index contributed by atoms with van der Waals surface area (Å²) in [6, 6.07) is 12.3. The Labute approximate surface area is 148 Å². The first-order valence-electron chi connectivity index (χ1n) is 7.20. The van der Waals surface area contributed by atoms with Gasteiger partial charge in [-0.15, -0.1) is 11.3 Å². The third-order valence-corrected chi connectivity index (χ3v) is 4.56. The van der Waals surface area contributed by atoms with Crippen LogP contribution >= 0.6 is 22.9 Å². The minimum Gasteiger partial charge on any atom is -0.507 e. The number of aromatic hydroxyl groups is 1. The van der Waals surface area contributed by atoms with Crippen LogP contribution in [-0.2, 0) is 11.3 Å². The van der Waals surface area contributed by atoms with Crippen LogP contribution in [0.5, 0.6) is 5.75 Å². The number of esters is 1. The zero-order valence-corrected chi connectivity index (χ0v) is 14.4. The summed E-state index contributed by atoms with van der Waals surface area (Å²) in [6.07, 6.45) is 0. The molecule has 0 atom stereocenters. The van der Waals surface area contributed by atoms with Crippen LogP contribution in [0.1, 0.15) is 21.6 Å². The van der Waals surface area contributed by atoms with E-state index in [1.807, 2.05) is 36.6 Å². The smallest absolute Gasteiger partial charge is 0.342 e. The SMILES string of the molecule is Cc1ccc(-c2nc(COC(=O)c3cc(Cl)ccc3O)cs2)cc1. The second kappa shape index (κ2) is 7.03. The predicted molar refractivity (Wildman–Crippen MR) is 94.5 cm³/mol. The number of phenols is 1. The molecule has 24 heavy (non-hydrogen) atoms. The maximum Gasteiger partial charge on any atom is 0.342 e. The molecule has 0 unspecified atom stereocenters. The highest BCUT2D eigenvalue weighted by molar-refractivity contribution is 7.13. The molecule has 1 N–H and O–H groups in total. The molecular weight excluding hydrogens is 346 g/mol. The van der Waals surface area contributed by atoms with E-state index in [-0.39, 0.29) is 17.9 Å². The van der Waals surface area contributed by atoms with Crippen LogP contribution in [-0.4, -0.2) is 16.1 Å². The van der Waals surface area contributed by atoms with Crippen molar-refractivity contribution < 1.29 is 14.6 Å². The lowest BCUT2D eigenvalue weighted by Gasteiger charge is -2.05. The van der Waals surface area contributed by atoms with Gasteiger partial charge in [-0.25, -0.2) is 9.78 Å². The fourth-order valence-electron chi connectivity index (χ4n) is 2.09. The Hall–Kier alpha value is -2.37. The molecule has 0 aliphatic heterocycles. The second-order valence-electron chi connectivity index (χ2n) is 5.25. The van der Waals surface area contributed by atoms with E-state index >= 15 is 0 Å². The van der Waals surface area contributed by atoms with Crippen molar-refractivity contribution in [1.82, 2.24) is 4.98 Å². The molecule has 0 fully saturated rings. The number of halogens is 1. The van der Waals surface area contributed by atoms with E-state index < -0.39 is 5.97 Å². The summed E-state index contributed by atoms with van der Waals surface area (Å²) >= 11 is 7.32. The third kappa shape index (κ3) is 3.75. The first-order valence-corrected chi connectivity index (χ1v) is 8.46. The number of aromatic nitrogens is 1. The van der Waals surface area contributed by atoms with E-state index in [9.17, 15) is 9.90 Å². The average Bonchev–Trinajstić information content (AvgIpc) is 3.04. The lowest BCUT2D eigenvalue weighted by molar-refractivity contribution is 0.0465. The number of nitrogens with zero attached hydrogens (tertiary/aromatic N) is 1. The van der Waals surface area contributed by atoms with E-state index in [0.29, 0.717) is 10.7 Å². The number of phenolic OH excluding ortho intramolecular Hbond substituents is 1. The van der Waals surface area contributed by atoms with E-state index in [1.165, 1.54) is 35.1 Å². The number of hydrogen-bond acceptors (Lipinski definition) is 5. The quantitative estimate of drug-likeness (QED) is 0.677. The number of ether oxygens (including phenoxy) is 1. The molecule has 0 saturated carbocycles. The lowest BCUT2D eigenvalue weighted by Crippen LogP contribution is -2.05. The minimum atomic E-state index is -0.639. The van der Waals surface area contributed by atoms with Crippen molar-refractivity contribution in [3.05, 3.63) is 69.7 Å². The zero-order valence-electron chi connectivity index (χ0n) is 12.8. The molecule has 6 heteroatoms. The molecule has 0 aliphatic rings. The number of thiazole rings is 1. The molecule has 0 radical (unpaired) electrons. The van der Waals surface area contributed by atoms with Gasteiger partial charge in [0.1, 0.15) is 22.9 Å². The van der Waals surface area contributed by atoms with Crippen molar-refractivity contribution in [1.29, 1.82) is 0 Å². The van der Waals surface area contributed by atoms with Crippen LogP contribution in [0.2, 0.25) is 5.02 Å². The van der Waals surface area contributed by atoms with Crippen LogP contribution in [0, 0.1) is 6.92 Å². The van der Waals surface area contributed by atoms with Crippen LogP contribution < -0.4 is 0 Å². The Morgan fingerprint density at radius 2 is 2.00 bits per heavy atom. The van der Waals surface area contributed by atoms with Crippen molar-refractivity contribution in [3.8, 4) is 16.3 Å². The molecule has 122 valence electrons. The van der Waals surface area contributed by atoms with Gasteiger partial charge in [-0.05, 0) is 25.1 Å². The van der Waals surface area contributed by atoms with Crippen molar-refractivity contribution >= 4 is 28.9 Å². The Morgan fingerprint density at radius 1 is 1.25 bits per heavy atom. The van der Waals surface area contributed by atoms with Crippen molar-refractivity contribution in [2.45, 2.75) is 13.5 Å². The summed E-state index contributed by atoms with van der Waals surface area (Å²) in [5.74, 6) is -0.803. The molecule has 0 spiro atoms. The topological polar surface area (TPSA) is 59.4 Å². The summed E-state index contributed by atoms with van der Waals surface area (Å²) in [5, 5.41) is 12.8. The average molecular weight is 360 g/mol. The molecule has 0 aliphatic carbocycles. The first kappa shape index (κ1) is 16.5. The molecule has 2 aromatic carbocycles. The molecule has 0 amide bonds. The van der Waals surface area contributed by atoms with Gasteiger partial charge in [-0.2, -0.15) is 0 Å². The highest BCUT2D eigenvalue weighted by Gasteiger charge is 2.14. The van der Waals surface area contributed by atoms with Crippen LogP contribution in [0.3, 0.4) is 0 Å². The number of carbonyl (C=O) groups excluding carboxylic acids is 1. The number of carbonyl (C=O) groups is 1. The Balaban J connectivity index is 1.68. The number of benzene rings is 2. The van der Waals surface area contributed by atoms with Gasteiger partial charge in [0.15, 0.2) is 0 Å². The van der Waals surface area contributed by atoms with Crippen LogP contribution in [0.15, 0.2) is 47.8 Å². The number of aryl methyl sites for hydroxylation is 1. The maximum atomic E-state index is 12.0. The standard InChI is InChI=1S/C18H14ClNO3S/c1-11-2-4-12(5-3-11)17-20-14(10-24-17)9-23-18(22)15-8-13(19)6-7-16(15)21/h2-8,10,21H,9H2,1H3. The largest absolute Gasteiger partial charge is 0.507 e. The summed E-state index contributed by atoms with van der Waals surface area (Å²) in [6.45, 7) is 2.06. The normalized spacial score (nSPS) is 10.6. The van der Waals surface area contributed by atoms with Gasteiger partial charge in [0, 0.05) is 16.0 Å². The van der Waals surface area contributed by atoms with Crippen molar-refractivity contribution in [2.24, 2.45) is 0 Å². The molecule has 3 rings (SSSR count). The van der Waals surface area contributed by atoms with Gasteiger partial charge in [0.05, 0.1) is 5.69 Å². The molecule has 0 saturated heterocycles. The monoisotopic (exact) mass is 359 g/mol. The summed E-state index contributed by atoms with van der Waals surface area (Å²) in [5.41, 5.74) is 2.91. The Kier molecular flexibility index (Phi) is 4.83. The van der Waals surface area contributed by atoms with Gasteiger partial charge in [-0.3, -0.25) is 0 Å². The molecule has 1 aromatic heterocycles. The minimum absolute atomic E-state index is 0.0349. The second-order valence-corrected chi connectivity index (χ2v) is 6.54. The first-order chi connectivity index (χ1) is 11.5. The molecule has 3 aromatic rings. The van der Waals surface area contributed by atoms with E-state index in [2.05, 4.69) is 4.98 Å². The summed E-state index contributed by atoms with van der Waals surface area (Å²) in [4.78, 5) is 16.5. The highest BCUT2D eigenvalue weighted by Crippen LogP contribution is 2.25. The predicted octanol–water partition coefficient (Wildman–Crippen LogP) is 4.83. The van der Waals surface area contributed by atoms with Gasteiger partial charge in [0.25, 0.3) is 0 Å². The van der Waals surface area contributed by atoms with Gasteiger partial charge in [-0.1, -0.05) is 41.4 Å². The third-order valence-electron chi connectivity index (χ3n) is 3.38. The molecule has 1 heterocycles. The van der Waals surface area contributed by atoms with Crippen LogP contribution in [0.25, 0.3) is 10.6 Å². The Bertz CT molecular complexity index is 874. The molecule has 4 nitrogen and oxygen atoms in total. The van der Waals surface area contributed by atoms with E-state index in [1.54, 1.807) is 0 Å². The van der Waals surface area contributed by atoms with Gasteiger partial charge >= 0.3 is 5.97 Å². The maximum absolute atomic E-state index is 12.0. The highest BCUT2D eigenvalue weighted by atomic mass is 35.5. The molecular formula is C18H14ClNO3S. The lowest BCUT2D eigenvalue weighted by atomic mass is 10.2. The van der Waals surface area contributed by atoms with Crippen LogP contribution in [0.4, 0.5) is 0 Å². The Morgan fingerprint density at radius 3 is 2.75 bits per heavy atom. The fraction of sp³-hybridized carbons (Fsp3) is 0.111. The van der Waals surface area contributed by atoms with Crippen molar-refractivity contribution in [2.75, 3.05) is 0 Å². The fourth-order valence-corrected chi connectivity index (χ4v) is 3.07. The summed E-state index contributed by atoms with van der Waals surface area (Å²) < 4.78 is 5.20.